The van der Waals surface area contributed by atoms with Crippen molar-refractivity contribution in [1.82, 2.24) is 19.5 Å². The minimum atomic E-state index is 0.00439. The van der Waals surface area contributed by atoms with E-state index in [0.717, 1.165) is 47.7 Å². The van der Waals surface area contributed by atoms with Crippen molar-refractivity contribution >= 4 is 17.4 Å². The zero-order chi connectivity index (χ0) is 22.0. The molecule has 1 aliphatic rings. The number of carbonyl (C=O) groups excluding carboxylic acids is 1. The fourth-order valence-corrected chi connectivity index (χ4v) is 4.13. The van der Waals surface area contributed by atoms with Crippen LogP contribution in [0.3, 0.4) is 0 Å². The van der Waals surface area contributed by atoms with Gasteiger partial charge in [0.25, 0.3) is 0 Å². The number of likely N-dealkylation sites (tertiary alicyclic amines) is 1. The number of nitrogens with one attached hydrogen (secondary N) is 1. The Bertz CT molecular complexity index is 1050. The van der Waals surface area contributed by atoms with Gasteiger partial charge in [0.1, 0.15) is 5.82 Å². The van der Waals surface area contributed by atoms with Crippen molar-refractivity contribution in [3.63, 3.8) is 0 Å². The van der Waals surface area contributed by atoms with Crippen LogP contribution in [-0.4, -0.2) is 44.5 Å². The summed E-state index contributed by atoms with van der Waals surface area (Å²) in [6.45, 7) is 8.40. The third kappa shape index (κ3) is 4.88. The quantitative estimate of drug-likeness (QED) is 0.635. The predicted molar refractivity (Wildman–Crippen MR) is 124 cm³/mol. The zero-order valence-electron chi connectivity index (χ0n) is 18.6. The van der Waals surface area contributed by atoms with Crippen molar-refractivity contribution < 1.29 is 4.79 Å². The Kier molecular flexibility index (Phi) is 5.96. The Balaban J connectivity index is 1.48. The first kappa shape index (κ1) is 21.3. The Morgan fingerprint density at radius 2 is 1.97 bits per heavy atom. The van der Waals surface area contributed by atoms with Gasteiger partial charge in [-0.1, -0.05) is 45.0 Å². The van der Waals surface area contributed by atoms with Gasteiger partial charge in [0.2, 0.25) is 5.91 Å². The minimum absolute atomic E-state index is 0.00439. The standard InChI is InChI=1S/C24H32N6O/c1-24(2,3)13-23(31)29-12-4-5-19(29)15-26-21-10-11-22-27-16-20(30(22)28-21)18-8-6-17(14-25)7-9-18/h6-11,16,19H,4-5,12-15,25H2,1-3H3,(H,26,28). The molecule has 1 aliphatic heterocycles. The van der Waals surface area contributed by atoms with E-state index < -0.39 is 0 Å². The second-order valence-corrected chi connectivity index (χ2v) is 9.53. The summed E-state index contributed by atoms with van der Waals surface area (Å²) in [7, 11) is 0. The molecule has 3 heterocycles. The van der Waals surface area contributed by atoms with Crippen LogP contribution in [0.5, 0.6) is 0 Å². The van der Waals surface area contributed by atoms with Crippen LogP contribution in [0.15, 0.2) is 42.6 Å². The van der Waals surface area contributed by atoms with Crippen LogP contribution < -0.4 is 11.1 Å². The lowest BCUT2D eigenvalue weighted by Crippen LogP contribution is -2.41. The molecule has 3 N–H and O–H groups in total. The molecule has 3 aromatic rings. The average molecular weight is 421 g/mol. The SMILES string of the molecule is CC(C)(C)CC(=O)N1CCCC1CNc1ccc2ncc(-c3ccc(CN)cc3)n2n1. The van der Waals surface area contributed by atoms with Gasteiger partial charge in [-0.05, 0) is 36.0 Å². The summed E-state index contributed by atoms with van der Waals surface area (Å²) in [5.41, 5.74) is 9.58. The van der Waals surface area contributed by atoms with E-state index in [1.807, 2.05) is 52.0 Å². The van der Waals surface area contributed by atoms with Gasteiger partial charge in [-0.25, -0.2) is 9.50 Å². The van der Waals surface area contributed by atoms with Gasteiger partial charge in [0.05, 0.1) is 11.9 Å². The van der Waals surface area contributed by atoms with Gasteiger partial charge in [-0.3, -0.25) is 4.79 Å². The molecule has 7 heteroatoms. The number of amides is 1. The summed E-state index contributed by atoms with van der Waals surface area (Å²) in [6.07, 6.45) is 4.50. The van der Waals surface area contributed by atoms with Crippen molar-refractivity contribution in [3.8, 4) is 11.3 Å². The van der Waals surface area contributed by atoms with Gasteiger partial charge in [0.15, 0.2) is 5.65 Å². The Morgan fingerprint density at radius 3 is 2.68 bits per heavy atom. The molecule has 7 nitrogen and oxygen atoms in total. The number of anilines is 1. The molecule has 0 radical (unpaired) electrons. The topological polar surface area (TPSA) is 88.5 Å². The Morgan fingerprint density at radius 1 is 1.19 bits per heavy atom. The number of carbonyl (C=O) groups is 1. The maximum Gasteiger partial charge on any atom is 0.223 e. The monoisotopic (exact) mass is 420 g/mol. The van der Waals surface area contributed by atoms with Gasteiger partial charge >= 0.3 is 0 Å². The van der Waals surface area contributed by atoms with E-state index in [1.165, 1.54) is 0 Å². The smallest absolute Gasteiger partial charge is 0.223 e. The summed E-state index contributed by atoms with van der Waals surface area (Å²) in [6, 6.07) is 12.3. The summed E-state index contributed by atoms with van der Waals surface area (Å²) in [4.78, 5) is 19.3. The average Bonchev–Trinajstić information content (AvgIpc) is 3.38. The number of fused-ring (bicyclic) bond motifs is 1. The number of benzene rings is 1. The number of rotatable bonds is 6. The number of imidazole rings is 1. The molecule has 0 bridgehead atoms. The van der Waals surface area contributed by atoms with Crippen molar-refractivity contribution in [2.24, 2.45) is 11.1 Å². The molecule has 1 amide bonds. The lowest BCUT2D eigenvalue weighted by Gasteiger charge is -2.28. The molecule has 0 saturated carbocycles. The highest BCUT2D eigenvalue weighted by molar-refractivity contribution is 5.77. The van der Waals surface area contributed by atoms with E-state index in [2.05, 4.69) is 31.1 Å². The molecule has 4 rings (SSSR count). The second-order valence-electron chi connectivity index (χ2n) is 9.53. The molecule has 31 heavy (non-hydrogen) atoms. The van der Waals surface area contributed by atoms with Crippen LogP contribution in [0.25, 0.3) is 16.9 Å². The highest BCUT2D eigenvalue weighted by Gasteiger charge is 2.30. The molecule has 0 aliphatic carbocycles. The maximum absolute atomic E-state index is 12.7. The highest BCUT2D eigenvalue weighted by atomic mass is 16.2. The zero-order valence-corrected chi connectivity index (χ0v) is 18.6. The largest absolute Gasteiger partial charge is 0.367 e. The molecule has 2 aromatic heterocycles. The number of hydrogen-bond donors (Lipinski definition) is 2. The molecule has 1 saturated heterocycles. The van der Waals surface area contributed by atoms with Crippen LogP contribution in [0.4, 0.5) is 5.82 Å². The fourth-order valence-electron chi connectivity index (χ4n) is 4.13. The van der Waals surface area contributed by atoms with Gasteiger partial charge in [-0.15, -0.1) is 5.10 Å². The van der Waals surface area contributed by atoms with Crippen molar-refractivity contribution in [3.05, 3.63) is 48.2 Å². The molecule has 1 atom stereocenters. The van der Waals surface area contributed by atoms with E-state index >= 15 is 0 Å². The normalized spacial score (nSPS) is 16.8. The predicted octanol–water partition coefficient (Wildman–Crippen LogP) is 3.69. The van der Waals surface area contributed by atoms with Crippen LogP contribution >= 0.6 is 0 Å². The van der Waals surface area contributed by atoms with E-state index in [9.17, 15) is 4.79 Å². The van der Waals surface area contributed by atoms with E-state index in [1.54, 1.807) is 0 Å². The summed E-state index contributed by atoms with van der Waals surface area (Å²) >= 11 is 0. The van der Waals surface area contributed by atoms with Crippen LogP contribution in [0.1, 0.15) is 45.6 Å². The fraction of sp³-hybridized carbons (Fsp3) is 0.458. The van der Waals surface area contributed by atoms with Crippen LogP contribution in [0, 0.1) is 5.41 Å². The Labute approximate surface area is 183 Å². The third-order valence-electron chi connectivity index (χ3n) is 5.75. The van der Waals surface area contributed by atoms with Gasteiger partial charge in [0, 0.05) is 37.7 Å². The van der Waals surface area contributed by atoms with E-state index in [-0.39, 0.29) is 17.4 Å². The number of nitrogens with zero attached hydrogens (tertiary/aromatic N) is 4. The van der Waals surface area contributed by atoms with Gasteiger partial charge < -0.3 is 16.0 Å². The highest BCUT2D eigenvalue weighted by Crippen LogP contribution is 2.25. The van der Waals surface area contributed by atoms with Crippen LogP contribution in [-0.2, 0) is 11.3 Å². The molecule has 164 valence electrons. The second kappa shape index (κ2) is 8.67. The molecular weight excluding hydrogens is 388 g/mol. The molecule has 0 spiro atoms. The molecule has 1 aromatic carbocycles. The summed E-state index contributed by atoms with van der Waals surface area (Å²) in [5.74, 6) is 1.03. The van der Waals surface area contributed by atoms with Crippen LogP contribution in [0.2, 0.25) is 0 Å². The van der Waals surface area contributed by atoms with Crippen molar-refractivity contribution in [1.29, 1.82) is 0 Å². The first-order valence-corrected chi connectivity index (χ1v) is 11.0. The Hall–Kier alpha value is -2.93. The lowest BCUT2D eigenvalue weighted by molar-refractivity contribution is -0.133. The number of nitrogens with two attached hydrogens (primary N) is 1. The lowest BCUT2D eigenvalue weighted by atomic mass is 9.91. The molecule has 1 fully saturated rings. The van der Waals surface area contributed by atoms with E-state index in [0.29, 0.717) is 19.5 Å². The van der Waals surface area contributed by atoms with Crippen molar-refractivity contribution in [2.75, 3.05) is 18.4 Å². The van der Waals surface area contributed by atoms with Crippen molar-refractivity contribution in [2.45, 2.75) is 52.6 Å². The molecular formula is C24H32N6O. The number of hydrogen-bond acceptors (Lipinski definition) is 5. The summed E-state index contributed by atoms with van der Waals surface area (Å²) in [5, 5.41) is 8.20. The van der Waals surface area contributed by atoms with Gasteiger partial charge in [-0.2, -0.15) is 0 Å². The van der Waals surface area contributed by atoms with E-state index in [4.69, 9.17) is 10.8 Å². The number of aromatic nitrogens is 3. The first-order valence-electron chi connectivity index (χ1n) is 11.0. The minimum Gasteiger partial charge on any atom is -0.367 e. The first-order chi connectivity index (χ1) is 14.8. The maximum atomic E-state index is 12.7. The summed E-state index contributed by atoms with van der Waals surface area (Å²) < 4.78 is 1.86. The molecule has 1 unspecified atom stereocenters. The third-order valence-corrected chi connectivity index (χ3v) is 5.75.